The molecule has 0 spiro atoms. The number of fused-ring (bicyclic) bond motifs is 1. The maximum Gasteiger partial charge on any atom is 0.278 e. The normalized spacial score (nSPS) is 13.0. The Morgan fingerprint density at radius 1 is 1.00 bits per heavy atom. The van der Waals surface area contributed by atoms with Crippen LogP contribution in [0.3, 0.4) is 0 Å². The second-order valence-electron chi connectivity index (χ2n) is 4.87. The molecule has 0 radical (unpaired) electrons. The first-order valence-corrected chi connectivity index (χ1v) is 8.65. The van der Waals surface area contributed by atoms with E-state index in [2.05, 4.69) is 0 Å². The van der Waals surface area contributed by atoms with Gasteiger partial charge in [-0.05, 0) is 17.5 Å². The summed E-state index contributed by atoms with van der Waals surface area (Å²) in [5, 5.41) is 13.3. The van der Waals surface area contributed by atoms with Gasteiger partial charge in [-0.25, -0.2) is 0 Å². The van der Waals surface area contributed by atoms with E-state index in [1.54, 1.807) is 29.5 Å². The van der Waals surface area contributed by atoms with Gasteiger partial charge in [-0.2, -0.15) is 0 Å². The molecule has 0 atom stereocenters. The van der Waals surface area contributed by atoms with E-state index in [1.165, 1.54) is 17.4 Å². The summed E-state index contributed by atoms with van der Waals surface area (Å²) in [7, 11) is 0. The van der Waals surface area contributed by atoms with E-state index in [9.17, 15) is 10.1 Å². The van der Waals surface area contributed by atoms with Crippen molar-refractivity contribution >= 4 is 28.4 Å². The fraction of sp³-hybridized carbons (Fsp3) is 0.125. The van der Waals surface area contributed by atoms with Gasteiger partial charge >= 0.3 is 0 Å². The maximum atomic E-state index is 11.3. The number of para-hydroxylation sites is 1. The summed E-state index contributed by atoms with van der Waals surface area (Å²) in [5.74, 6) is 1.30. The molecule has 4 rings (SSSR count). The predicted octanol–water partition coefficient (Wildman–Crippen LogP) is 4.82. The van der Waals surface area contributed by atoms with E-state index < -0.39 is 0 Å². The van der Waals surface area contributed by atoms with Crippen molar-refractivity contribution < 1.29 is 14.4 Å². The van der Waals surface area contributed by atoms with Crippen LogP contribution in [0.15, 0.2) is 41.8 Å². The summed E-state index contributed by atoms with van der Waals surface area (Å²) in [5.41, 5.74) is 0.635. The van der Waals surface area contributed by atoms with Crippen molar-refractivity contribution in [2.24, 2.45) is 0 Å². The van der Waals surface area contributed by atoms with Crippen molar-refractivity contribution in [3.63, 3.8) is 0 Å². The minimum Gasteiger partial charge on any atom is -0.485 e. The zero-order valence-corrected chi connectivity index (χ0v) is 13.5. The van der Waals surface area contributed by atoms with Crippen molar-refractivity contribution in [1.82, 2.24) is 0 Å². The van der Waals surface area contributed by atoms with Gasteiger partial charge in [0, 0.05) is 10.9 Å². The first kappa shape index (κ1) is 14.2. The Morgan fingerprint density at radius 2 is 1.74 bits per heavy atom. The Hall–Kier alpha value is -2.38. The van der Waals surface area contributed by atoms with Gasteiger partial charge in [-0.1, -0.05) is 18.2 Å². The molecule has 3 heterocycles. The number of nitro groups is 1. The molecule has 1 aliphatic rings. The third-order valence-corrected chi connectivity index (χ3v) is 5.72. The Morgan fingerprint density at radius 3 is 2.43 bits per heavy atom. The molecule has 0 saturated heterocycles. The molecule has 0 unspecified atom stereocenters. The third kappa shape index (κ3) is 2.38. The van der Waals surface area contributed by atoms with Gasteiger partial charge in [0.25, 0.3) is 5.69 Å². The number of nitro benzene ring substituents is 1. The van der Waals surface area contributed by atoms with Gasteiger partial charge in [0.2, 0.25) is 0 Å². The van der Waals surface area contributed by atoms with Gasteiger partial charge in [0.1, 0.15) is 13.2 Å². The summed E-state index contributed by atoms with van der Waals surface area (Å²) in [6.45, 7) is 0.930. The van der Waals surface area contributed by atoms with E-state index in [0.29, 0.717) is 30.3 Å². The van der Waals surface area contributed by atoms with E-state index in [-0.39, 0.29) is 10.6 Å². The number of hydrogen-bond donors (Lipinski definition) is 0. The highest BCUT2D eigenvalue weighted by Gasteiger charge is 2.29. The monoisotopic (exact) mass is 345 g/mol. The van der Waals surface area contributed by atoms with Crippen LogP contribution in [0.1, 0.15) is 0 Å². The average molecular weight is 345 g/mol. The second kappa shape index (κ2) is 5.68. The molecule has 0 saturated carbocycles. The highest BCUT2D eigenvalue weighted by atomic mass is 32.1. The van der Waals surface area contributed by atoms with E-state index in [1.807, 2.05) is 17.5 Å². The lowest BCUT2D eigenvalue weighted by Crippen LogP contribution is -2.14. The van der Waals surface area contributed by atoms with Crippen LogP contribution >= 0.6 is 22.7 Å². The Kier molecular flexibility index (Phi) is 3.51. The number of hydrogen-bond acceptors (Lipinski definition) is 6. The standard InChI is InChI=1S/C16H11NO4S2/c18-17(19)11-5-2-1-4-10(11)15-13-14(21-8-7-20-13)16(23-15)12-6-3-9-22-12/h1-6,9H,7-8H2. The lowest BCUT2D eigenvalue weighted by Gasteiger charge is -2.17. The predicted molar refractivity (Wildman–Crippen MR) is 90.7 cm³/mol. The minimum absolute atomic E-state index is 0.0726. The lowest BCUT2D eigenvalue weighted by molar-refractivity contribution is -0.384. The zero-order valence-electron chi connectivity index (χ0n) is 11.9. The van der Waals surface area contributed by atoms with E-state index in [0.717, 1.165) is 14.6 Å². The van der Waals surface area contributed by atoms with Crippen molar-refractivity contribution in [3.05, 3.63) is 51.9 Å². The molecule has 0 aliphatic carbocycles. The largest absolute Gasteiger partial charge is 0.485 e. The first-order chi connectivity index (χ1) is 11.3. The fourth-order valence-electron chi connectivity index (χ4n) is 2.52. The maximum absolute atomic E-state index is 11.3. The number of rotatable bonds is 3. The number of benzene rings is 1. The molecule has 7 heteroatoms. The number of thiophene rings is 2. The molecule has 0 amide bonds. The molecule has 0 fully saturated rings. The van der Waals surface area contributed by atoms with Gasteiger partial charge in [0.15, 0.2) is 11.5 Å². The molecule has 23 heavy (non-hydrogen) atoms. The van der Waals surface area contributed by atoms with E-state index in [4.69, 9.17) is 9.47 Å². The Bertz CT molecular complexity index is 870. The van der Waals surface area contributed by atoms with Crippen LogP contribution < -0.4 is 9.47 Å². The fourth-order valence-corrected chi connectivity index (χ4v) is 4.60. The van der Waals surface area contributed by atoms with Crippen LogP contribution in [0.5, 0.6) is 11.5 Å². The molecule has 5 nitrogen and oxygen atoms in total. The zero-order chi connectivity index (χ0) is 15.8. The van der Waals surface area contributed by atoms with Gasteiger partial charge in [0.05, 0.1) is 20.2 Å². The van der Waals surface area contributed by atoms with Crippen LogP contribution in [-0.4, -0.2) is 18.1 Å². The van der Waals surface area contributed by atoms with Crippen LogP contribution in [0.25, 0.3) is 20.2 Å². The molecule has 116 valence electrons. The van der Waals surface area contributed by atoms with Gasteiger partial charge in [-0.15, -0.1) is 22.7 Å². The van der Waals surface area contributed by atoms with Crippen LogP contribution in [0.2, 0.25) is 0 Å². The van der Waals surface area contributed by atoms with Crippen LogP contribution in [-0.2, 0) is 0 Å². The first-order valence-electron chi connectivity index (χ1n) is 6.96. The van der Waals surface area contributed by atoms with Crippen molar-refractivity contribution in [3.8, 4) is 31.7 Å². The van der Waals surface area contributed by atoms with Crippen molar-refractivity contribution in [1.29, 1.82) is 0 Å². The van der Waals surface area contributed by atoms with Gasteiger partial charge < -0.3 is 9.47 Å². The van der Waals surface area contributed by atoms with Crippen molar-refractivity contribution in [2.75, 3.05) is 13.2 Å². The quantitative estimate of drug-likeness (QED) is 0.504. The molecule has 0 N–H and O–H groups in total. The third-order valence-electron chi connectivity index (χ3n) is 3.49. The molecule has 2 aromatic heterocycles. The number of ether oxygens (including phenoxy) is 2. The SMILES string of the molecule is O=[N+]([O-])c1ccccc1-c1sc(-c2cccs2)c2c1OCCO2. The van der Waals surface area contributed by atoms with Crippen molar-refractivity contribution in [2.45, 2.75) is 0 Å². The lowest BCUT2D eigenvalue weighted by atomic mass is 10.1. The minimum atomic E-state index is -0.365. The summed E-state index contributed by atoms with van der Waals surface area (Å²) in [4.78, 5) is 13.8. The van der Waals surface area contributed by atoms with Crippen LogP contribution in [0.4, 0.5) is 5.69 Å². The molecule has 1 aliphatic heterocycles. The second-order valence-corrected chi connectivity index (χ2v) is 6.84. The van der Waals surface area contributed by atoms with E-state index >= 15 is 0 Å². The molecular formula is C16H11NO4S2. The Balaban J connectivity index is 1.95. The average Bonchev–Trinajstić information content (AvgIpc) is 3.22. The van der Waals surface area contributed by atoms with Crippen LogP contribution in [0, 0.1) is 10.1 Å². The summed E-state index contributed by atoms with van der Waals surface area (Å²) in [6, 6.07) is 10.7. The summed E-state index contributed by atoms with van der Waals surface area (Å²) < 4.78 is 11.6. The molecule has 3 aromatic rings. The molecule has 0 bridgehead atoms. The smallest absolute Gasteiger partial charge is 0.278 e. The molecule has 1 aromatic carbocycles. The highest BCUT2D eigenvalue weighted by molar-refractivity contribution is 7.24. The summed E-state index contributed by atoms with van der Waals surface area (Å²) >= 11 is 3.08. The topological polar surface area (TPSA) is 61.6 Å². The Labute approximate surface area is 139 Å². The molecular weight excluding hydrogens is 334 g/mol. The van der Waals surface area contributed by atoms with Gasteiger partial charge in [-0.3, -0.25) is 10.1 Å². The highest BCUT2D eigenvalue weighted by Crippen LogP contribution is 2.55. The number of nitrogens with zero attached hydrogens (tertiary/aromatic N) is 1. The summed E-state index contributed by atoms with van der Waals surface area (Å²) in [6.07, 6.45) is 0.